The molecule has 0 amide bonds. The number of aromatic nitrogens is 4. The minimum absolute atomic E-state index is 0.0959. The van der Waals surface area contributed by atoms with E-state index >= 15 is 0 Å². The number of rotatable bonds is 6. The summed E-state index contributed by atoms with van der Waals surface area (Å²) in [6.45, 7) is 28.1. The first kappa shape index (κ1) is 50.4. The highest BCUT2D eigenvalue weighted by molar-refractivity contribution is 7.13. The number of benzene rings is 3. The molecule has 3 aromatic carbocycles. The maximum absolute atomic E-state index is 5.75. The van der Waals surface area contributed by atoms with E-state index in [0.29, 0.717) is 17.5 Å². The zero-order valence-corrected chi connectivity index (χ0v) is 41.5. The number of nitrogens with zero attached hydrogens (tertiary/aromatic N) is 4. The van der Waals surface area contributed by atoms with Crippen LogP contribution in [-0.2, 0) is 0 Å². The third-order valence-corrected chi connectivity index (χ3v) is 8.91. The minimum atomic E-state index is -0.250. The van der Waals surface area contributed by atoms with Crippen LogP contribution in [0, 0.1) is 0 Å². The fraction of sp³-hybridized carbons (Fsp3) is 0.358. The lowest BCUT2D eigenvalue weighted by Crippen LogP contribution is -2.23. The minimum Gasteiger partial charge on any atom is -0.490 e. The lowest BCUT2D eigenvalue weighted by Gasteiger charge is -2.20. The van der Waals surface area contributed by atoms with Crippen molar-refractivity contribution < 1.29 is 37.0 Å². The molecule has 0 saturated carbocycles. The molecule has 0 unspecified atom stereocenters. The molecule has 13 heteroatoms. The number of hydrogen-bond donors (Lipinski definition) is 0. The van der Waals surface area contributed by atoms with Gasteiger partial charge in [0.25, 0.3) is 5.88 Å². The average molecular weight is 917 g/mol. The molecule has 6 aromatic heterocycles. The quantitative estimate of drug-likeness (QED) is 0.157. The Morgan fingerprint density at radius 3 is 1.70 bits per heavy atom. The first-order valence-electron chi connectivity index (χ1n) is 21.8. The lowest BCUT2D eigenvalue weighted by atomic mass is 10.2. The Bertz CT molecular complexity index is 2740. The highest BCUT2D eigenvalue weighted by atomic mass is 32.1. The normalized spacial score (nSPS) is 11.6. The maximum atomic E-state index is 5.75. The molecule has 0 aliphatic heterocycles. The number of hydrogen-bond acceptors (Lipinski definition) is 13. The third kappa shape index (κ3) is 16.4. The van der Waals surface area contributed by atoms with Crippen molar-refractivity contribution in [3.8, 4) is 29.1 Å². The molecule has 0 aliphatic carbocycles. The smallest absolute Gasteiger partial charge is 0.262 e. The summed E-state index contributed by atoms with van der Waals surface area (Å²) in [6.07, 6.45) is 6.80. The van der Waals surface area contributed by atoms with Gasteiger partial charge >= 0.3 is 0 Å². The molecule has 12 nitrogen and oxygen atoms in total. The molecular weight excluding hydrogens is 853 g/mol. The fourth-order valence-corrected chi connectivity index (χ4v) is 6.45. The largest absolute Gasteiger partial charge is 0.490 e. The van der Waals surface area contributed by atoms with Crippen molar-refractivity contribution in [2.24, 2.45) is 0 Å². The molecule has 0 saturated heterocycles. The van der Waals surface area contributed by atoms with Gasteiger partial charge in [-0.15, -0.1) is 0 Å². The van der Waals surface area contributed by atoms with Gasteiger partial charge in [-0.25, -0.2) is 9.97 Å². The van der Waals surface area contributed by atoms with E-state index < -0.39 is 0 Å². The molecule has 9 rings (SSSR count). The average Bonchev–Trinajstić information content (AvgIpc) is 4.05. The molecular formula is C53H64N4O8S. The van der Waals surface area contributed by atoms with E-state index in [1.165, 1.54) is 16.2 Å². The first-order chi connectivity index (χ1) is 31.0. The van der Waals surface area contributed by atoms with Crippen molar-refractivity contribution >= 4 is 54.7 Å². The monoisotopic (exact) mass is 916 g/mol. The highest BCUT2D eigenvalue weighted by Crippen LogP contribution is 2.31. The summed E-state index contributed by atoms with van der Waals surface area (Å²) in [5.74, 6) is 3.70. The highest BCUT2D eigenvalue weighted by Gasteiger charge is 2.19. The van der Waals surface area contributed by atoms with E-state index in [9.17, 15) is 0 Å². The van der Waals surface area contributed by atoms with E-state index in [2.05, 4.69) is 25.6 Å². The van der Waals surface area contributed by atoms with Gasteiger partial charge in [-0.1, -0.05) is 42.5 Å². The molecule has 0 N–H and O–H groups in total. The van der Waals surface area contributed by atoms with Crippen molar-refractivity contribution in [1.29, 1.82) is 0 Å². The standard InChI is InChI=1S/2C11H13NO2.C11H13NOS.C10H11NO2.C10H14O/c1-11(2,3)14-10-8-5-7-13-9(8)4-6-12-10;2*1-11(2,3)13-10-8-6-4-5-7-9(8)14-12-10;1-7(2)13-9-3-5-11-10-8(9)4-6-12-10;1-10(2,3)11-9-7-5-4-6-8-9/h3*4-7H,1-3H3;3-7H,1-2H3;4-8H,1-3H3. The van der Waals surface area contributed by atoms with E-state index in [1.807, 2.05) is 194 Å². The fourth-order valence-electron chi connectivity index (χ4n) is 5.74. The van der Waals surface area contributed by atoms with Gasteiger partial charge in [-0.3, -0.25) is 0 Å². The Morgan fingerprint density at radius 1 is 0.485 bits per heavy atom. The van der Waals surface area contributed by atoms with Gasteiger partial charge in [0, 0.05) is 12.4 Å². The third-order valence-electron chi connectivity index (χ3n) is 8.10. The second-order valence-corrected chi connectivity index (χ2v) is 20.0. The van der Waals surface area contributed by atoms with Crippen LogP contribution in [0.3, 0.4) is 0 Å². The Kier molecular flexibility index (Phi) is 16.8. The van der Waals surface area contributed by atoms with Gasteiger partial charge in [-0.05, 0) is 174 Å². The van der Waals surface area contributed by atoms with Crippen molar-refractivity contribution in [2.45, 2.75) is 125 Å². The van der Waals surface area contributed by atoms with Crippen LogP contribution < -0.4 is 23.7 Å². The van der Waals surface area contributed by atoms with Crippen LogP contribution in [0.1, 0.15) is 96.9 Å². The number of furan rings is 2. The molecule has 66 heavy (non-hydrogen) atoms. The van der Waals surface area contributed by atoms with Crippen LogP contribution in [0.5, 0.6) is 29.1 Å². The molecule has 0 fully saturated rings. The predicted octanol–water partition coefficient (Wildman–Crippen LogP) is 15.0. The first-order valence-corrected chi connectivity index (χ1v) is 22.6. The van der Waals surface area contributed by atoms with Crippen molar-refractivity contribution in [3.05, 3.63) is 128 Å². The number of pyridine rings is 2. The van der Waals surface area contributed by atoms with Crippen molar-refractivity contribution in [3.63, 3.8) is 0 Å². The van der Waals surface area contributed by atoms with Crippen molar-refractivity contribution in [2.75, 3.05) is 0 Å². The van der Waals surface area contributed by atoms with E-state index in [-0.39, 0.29) is 28.5 Å². The molecule has 9 aromatic rings. The number of para-hydroxylation sites is 2. The Labute approximate surface area is 392 Å². The Morgan fingerprint density at radius 2 is 1.03 bits per heavy atom. The second kappa shape index (κ2) is 22.1. The summed E-state index contributed by atoms with van der Waals surface area (Å²) >= 11 is 1.48. The van der Waals surface area contributed by atoms with Gasteiger partial charge in [0.1, 0.15) is 39.5 Å². The number of fused-ring (bicyclic) bond motifs is 4. The molecule has 0 atom stereocenters. The number of ether oxygens (including phenoxy) is 5. The van der Waals surface area contributed by atoms with E-state index in [1.54, 1.807) is 24.9 Å². The molecule has 6 heterocycles. The Balaban J connectivity index is 0.000000155. The molecule has 0 bridgehead atoms. The zero-order chi connectivity index (χ0) is 48.1. The zero-order valence-electron chi connectivity index (χ0n) is 40.7. The molecule has 0 spiro atoms. The van der Waals surface area contributed by atoms with E-state index in [0.717, 1.165) is 50.1 Å². The summed E-state index contributed by atoms with van der Waals surface area (Å²) in [4.78, 5) is 8.24. The maximum Gasteiger partial charge on any atom is 0.262 e. The van der Waals surface area contributed by atoms with Gasteiger partial charge in [-0.2, -0.15) is 4.37 Å². The summed E-state index contributed by atoms with van der Waals surface area (Å²) in [5.41, 5.74) is 1.42. The molecule has 0 aliphatic rings. The van der Waals surface area contributed by atoms with Gasteiger partial charge < -0.3 is 37.0 Å². The van der Waals surface area contributed by atoms with Gasteiger partial charge in [0.05, 0.1) is 44.9 Å². The van der Waals surface area contributed by atoms with Gasteiger partial charge in [0.2, 0.25) is 17.5 Å². The predicted molar refractivity (Wildman–Crippen MR) is 265 cm³/mol. The summed E-state index contributed by atoms with van der Waals surface area (Å²) < 4.78 is 49.3. The van der Waals surface area contributed by atoms with Crippen LogP contribution in [-0.4, -0.2) is 48.0 Å². The van der Waals surface area contributed by atoms with Crippen LogP contribution >= 0.6 is 11.5 Å². The summed E-state index contributed by atoms with van der Waals surface area (Å²) in [5, 5.41) is 7.75. The summed E-state index contributed by atoms with van der Waals surface area (Å²) in [6, 6.07) is 33.0. The lowest BCUT2D eigenvalue weighted by molar-refractivity contribution is 0.119. The van der Waals surface area contributed by atoms with Crippen LogP contribution in [0.2, 0.25) is 0 Å². The van der Waals surface area contributed by atoms with E-state index in [4.69, 9.17) is 37.0 Å². The van der Waals surface area contributed by atoms with Crippen LogP contribution in [0.15, 0.2) is 141 Å². The summed E-state index contributed by atoms with van der Waals surface area (Å²) in [7, 11) is 0. The second-order valence-electron chi connectivity index (χ2n) is 19.2. The molecule has 350 valence electrons. The topological polar surface area (TPSA) is 137 Å². The Hall–Kier alpha value is -6.60. The molecule has 0 radical (unpaired) electrons. The SMILES string of the molecule is CC(C)(C)Oc1ccccc1.CC(C)(C)Oc1nccc2occc12.CC(C)(C)Oc1noc2ccccc12.CC(C)(C)Oc1nsc2ccccc12.CC(C)Oc1ccnc2occc12. The van der Waals surface area contributed by atoms with Gasteiger partial charge in [0.15, 0.2) is 5.58 Å². The van der Waals surface area contributed by atoms with Crippen molar-refractivity contribution in [1.82, 2.24) is 19.5 Å². The van der Waals surface area contributed by atoms with Crippen LogP contribution in [0.4, 0.5) is 0 Å². The van der Waals surface area contributed by atoms with Crippen LogP contribution in [0.25, 0.3) is 43.1 Å².